The maximum absolute atomic E-state index is 14.1. The van der Waals surface area contributed by atoms with Gasteiger partial charge in [-0.15, -0.1) is 24.8 Å². The quantitative estimate of drug-likeness (QED) is 0.892. The van der Waals surface area contributed by atoms with Gasteiger partial charge in [-0.2, -0.15) is 0 Å². The number of hydrogen-bond acceptors (Lipinski definition) is 2. The molecule has 0 unspecified atom stereocenters. The Kier molecular flexibility index (Phi) is 8.25. The van der Waals surface area contributed by atoms with E-state index in [2.05, 4.69) is 10.2 Å². The van der Waals surface area contributed by atoms with Gasteiger partial charge >= 0.3 is 0 Å². The largest absolute Gasteiger partial charge is 0.314 e. The molecule has 2 rings (SSSR count). The molecule has 6 heteroatoms. The summed E-state index contributed by atoms with van der Waals surface area (Å²) in [6.07, 6.45) is 0. The highest BCUT2D eigenvalue weighted by atomic mass is 35.5. The van der Waals surface area contributed by atoms with E-state index >= 15 is 0 Å². The van der Waals surface area contributed by atoms with E-state index in [0.29, 0.717) is 16.1 Å². The van der Waals surface area contributed by atoms with Crippen molar-refractivity contribution in [1.29, 1.82) is 0 Å². The molecule has 2 nitrogen and oxygen atoms in total. The molecule has 19 heavy (non-hydrogen) atoms. The van der Waals surface area contributed by atoms with E-state index in [9.17, 15) is 4.39 Å². The van der Waals surface area contributed by atoms with Gasteiger partial charge in [-0.1, -0.05) is 17.7 Å². The number of halogens is 4. The molecule has 1 aliphatic heterocycles. The molecule has 0 radical (unpaired) electrons. The number of piperazine rings is 1. The Labute approximate surface area is 131 Å². The average molecular weight is 330 g/mol. The summed E-state index contributed by atoms with van der Waals surface area (Å²) in [5.41, 5.74) is 1.29. The van der Waals surface area contributed by atoms with Crippen molar-refractivity contribution in [2.75, 3.05) is 26.2 Å². The van der Waals surface area contributed by atoms with Crippen molar-refractivity contribution in [3.63, 3.8) is 0 Å². The predicted octanol–water partition coefficient (Wildman–Crippen LogP) is 3.60. The molecule has 110 valence electrons. The van der Waals surface area contributed by atoms with Gasteiger partial charge in [-0.05, 0) is 25.5 Å². The lowest BCUT2D eigenvalue weighted by Gasteiger charge is -2.33. The highest BCUT2D eigenvalue weighted by Crippen LogP contribution is 2.31. The fourth-order valence-electron chi connectivity index (χ4n) is 2.31. The summed E-state index contributed by atoms with van der Waals surface area (Å²) >= 11 is 6.13. The number of hydrogen-bond donors (Lipinski definition) is 1. The van der Waals surface area contributed by atoms with Crippen LogP contribution in [0.25, 0.3) is 0 Å². The molecule has 1 saturated heterocycles. The van der Waals surface area contributed by atoms with Gasteiger partial charge in [0.1, 0.15) is 5.82 Å². The molecule has 0 aliphatic carbocycles. The molecule has 0 bridgehead atoms. The Morgan fingerprint density at radius 2 is 1.84 bits per heavy atom. The summed E-state index contributed by atoms with van der Waals surface area (Å²) in [6, 6.07) is 3.55. The number of nitrogens with zero attached hydrogens (tertiary/aromatic N) is 1. The zero-order valence-corrected chi connectivity index (χ0v) is 13.5. The van der Waals surface area contributed by atoms with Crippen molar-refractivity contribution >= 4 is 36.4 Å². The second-order valence-electron chi connectivity index (χ2n) is 4.55. The monoisotopic (exact) mass is 328 g/mol. The topological polar surface area (TPSA) is 15.3 Å². The normalized spacial score (nSPS) is 17.3. The van der Waals surface area contributed by atoms with Crippen molar-refractivity contribution in [2.24, 2.45) is 0 Å². The average Bonchev–Trinajstić information content (AvgIpc) is 2.35. The van der Waals surface area contributed by atoms with Gasteiger partial charge in [0.05, 0.1) is 0 Å². The summed E-state index contributed by atoms with van der Waals surface area (Å²) in [7, 11) is 0. The van der Waals surface area contributed by atoms with Gasteiger partial charge in [0.25, 0.3) is 0 Å². The zero-order valence-electron chi connectivity index (χ0n) is 11.1. The van der Waals surface area contributed by atoms with E-state index in [1.54, 1.807) is 19.1 Å². The van der Waals surface area contributed by atoms with Crippen molar-refractivity contribution in [1.82, 2.24) is 10.2 Å². The van der Waals surface area contributed by atoms with E-state index in [1.165, 1.54) is 0 Å². The van der Waals surface area contributed by atoms with Gasteiger partial charge in [0.15, 0.2) is 0 Å². The van der Waals surface area contributed by atoms with Gasteiger partial charge in [0.2, 0.25) is 0 Å². The third kappa shape index (κ3) is 4.20. The van der Waals surface area contributed by atoms with Crippen LogP contribution >= 0.6 is 36.4 Å². The van der Waals surface area contributed by atoms with Crippen LogP contribution in [0.1, 0.15) is 24.1 Å². The minimum absolute atomic E-state index is 0. The molecule has 1 atom stereocenters. The molecular weight excluding hydrogens is 310 g/mol. The molecule has 1 heterocycles. The minimum atomic E-state index is -0.163. The summed E-state index contributed by atoms with van der Waals surface area (Å²) in [5.74, 6) is -0.163. The fourth-order valence-corrected chi connectivity index (χ4v) is 2.62. The molecular formula is C13H20Cl3FN2. The molecule has 0 saturated carbocycles. The van der Waals surface area contributed by atoms with Gasteiger partial charge < -0.3 is 5.32 Å². The summed E-state index contributed by atoms with van der Waals surface area (Å²) in [4.78, 5) is 2.26. The smallest absolute Gasteiger partial charge is 0.132 e. The van der Waals surface area contributed by atoms with Crippen molar-refractivity contribution in [2.45, 2.75) is 19.9 Å². The lowest BCUT2D eigenvalue weighted by molar-refractivity contribution is 0.182. The molecule has 1 aromatic rings. The second kappa shape index (κ2) is 8.28. The van der Waals surface area contributed by atoms with Crippen molar-refractivity contribution in [3.8, 4) is 0 Å². The predicted molar refractivity (Wildman–Crippen MR) is 83.5 cm³/mol. The molecule has 0 aromatic heterocycles. The third-order valence-corrected chi connectivity index (χ3v) is 3.77. The number of nitrogens with one attached hydrogen (secondary N) is 1. The SMILES string of the molecule is Cc1ccc(Cl)c([C@H](C)N2CCNCC2)c1F.Cl.Cl. The molecule has 1 N–H and O–H groups in total. The van der Waals surface area contributed by atoms with Gasteiger partial charge in [-0.25, -0.2) is 4.39 Å². The Hall–Kier alpha value is -0.0600. The first-order valence-electron chi connectivity index (χ1n) is 6.00. The Balaban J connectivity index is 0.00000162. The van der Waals surface area contributed by atoms with Gasteiger partial charge in [0, 0.05) is 42.8 Å². The van der Waals surface area contributed by atoms with Crippen molar-refractivity contribution in [3.05, 3.63) is 34.1 Å². The lowest BCUT2D eigenvalue weighted by Crippen LogP contribution is -2.44. The highest BCUT2D eigenvalue weighted by molar-refractivity contribution is 6.31. The van der Waals surface area contributed by atoms with Crippen molar-refractivity contribution < 1.29 is 4.39 Å². The molecule has 0 amide bonds. The van der Waals surface area contributed by atoms with E-state index in [0.717, 1.165) is 26.2 Å². The molecule has 1 aliphatic rings. The van der Waals surface area contributed by atoms with Crippen LogP contribution in [0.15, 0.2) is 12.1 Å². The van der Waals surface area contributed by atoms with Crippen LogP contribution in [0, 0.1) is 12.7 Å². The maximum Gasteiger partial charge on any atom is 0.132 e. The van der Waals surface area contributed by atoms with Crippen LogP contribution in [0.4, 0.5) is 4.39 Å². The third-order valence-electron chi connectivity index (χ3n) is 3.44. The van der Waals surface area contributed by atoms with Crippen LogP contribution in [-0.2, 0) is 0 Å². The number of benzene rings is 1. The van der Waals surface area contributed by atoms with Crippen LogP contribution in [-0.4, -0.2) is 31.1 Å². The lowest BCUT2D eigenvalue weighted by atomic mass is 10.0. The van der Waals surface area contributed by atoms with E-state index in [1.807, 2.05) is 6.92 Å². The minimum Gasteiger partial charge on any atom is -0.314 e. The van der Waals surface area contributed by atoms with E-state index in [4.69, 9.17) is 11.6 Å². The van der Waals surface area contributed by atoms with Crippen LogP contribution in [0.3, 0.4) is 0 Å². The first-order chi connectivity index (χ1) is 8.11. The van der Waals surface area contributed by atoms with E-state index in [-0.39, 0.29) is 36.7 Å². The molecule has 1 aromatic carbocycles. The van der Waals surface area contributed by atoms with Crippen LogP contribution in [0.2, 0.25) is 5.02 Å². The number of aryl methyl sites for hydroxylation is 1. The standard InChI is InChI=1S/C13H18ClFN2.2ClH/c1-9-3-4-11(14)12(13(9)15)10(2)17-7-5-16-6-8-17;;/h3-4,10,16H,5-8H2,1-2H3;2*1H/t10-;;/m0../s1. The molecule has 1 fully saturated rings. The Morgan fingerprint density at radius 3 is 2.42 bits per heavy atom. The highest BCUT2D eigenvalue weighted by Gasteiger charge is 2.23. The first kappa shape index (κ1) is 18.9. The maximum atomic E-state index is 14.1. The fraction of sp³-hybridized carbons (Fsp3) is 0.538. The summed E-state index contributed by atoms with van der Waals surface area (Å²) in [5, 5.41) is 3.82. The number of rotatable bonds is 2. The van der Waals surface area contributed by atoms with Gasteiger partial charge in [-0.3, -0.25) is 4.90 Å². The Bertz CT molecular complexity index is 409. The zero-order chi connectivity index (χ0) is 12.4. The van der Waals surface area contributed by atoms with E-state index < -0.39 is 0 Å². The first-order valence-corrected chi connectivity index (χ1v) is 6.38. The summed E-state index contributed by atoms with van der Waals surface area (Å²) < 4.78 is 14.1. The summed E-state index contributed by atoms with van der Waals surface area (Å²) in [6.45, 7) is 7.58. The van der Waals surface area contributed by atoms with Crippen LogP contribution in [0.5, 0.6) is 0 Å². The molecule has 0 spiro atoms. The second-order valence-corrected chi connectivity index (χ2v) is 4.96. The Morgan fingerprint density at radius 1 is 1.26 bits per heavy atom. The van der Waals surface area contributed by atoms with Crippen LogP contribution < -0.4 is 5.32 Å².